The summed E-state index contributed by atoms with van der Waals surface area (Å²) in [5.74, 6) is 0.772. The average Bonchev–Trinajstić information content (AvgIpc) is 2.47. The number of piperidine rings is 1. The zero-order valence-electron chi connectivity index (χ0n) is 9.43. The monoisotopic (exact) mass is 192 g/mol. The van der Waals surface area contributed by atoms with Gasteiger partial charge in [-0.2, -0.15) is 0 Å². The van der Waals surface area contributed by atoms with Crippen molar-refractivity contribution < 1.29 is 0 Å². The van der Waals surface area contributed by atoms with Crippen molar-refractivity contribution in [3.63, 3.8) is 0 Å². The van der Waals surface area contributed by atoms with Gasteiger partial charge in [-0.25, -0.2) is 0 Å². The van der Waals surface area contributed by atoms with E-state index in [1.54, 1.807) is 0 Å². The van der Waals surface area contributed by atoms with Crippen LogP contribution in [0, 0.1) is 13.8 Å². The average molecular weight is 192 g/mol. The van der Waals surface area contributed by atoms with Crippen molar-refractivity contribution in [2.45, 2.75) is 32.6 Å². The molecule has 0 bridgehead atoms. The van der Waals surface area contributed by atoms with Crippen LogP contribution >= 0.6 is 0 Å². The summed E-state index contributed by atoms with van der Waals surface area (Å²) in [5.41, 5.74) is 4.38. The molecule has 1 aliphatic heterocycles. The number of nitrogens with zero attached hydrogens (tertiary/aromatic N) is 1. The molecular formula is C12H20N2. The maximum Gasteiger partial charge on any atom is 0.0209 e. The number of hydrogen-bond donors (Lipinski definition) is 1. The van der Waals surface area contributed by atoms with Gasteiger partial charge in [-0.1, -0.05) is 0 Å². The lowest BCUT2D eigenvalue weighted by Crippen LogP contribution is -2.27. The molecule has 1 fully saturated rings. The lowest BCUT2D eigenvalue weighted by atomic mass is 9.94. The van der Waals surface area contributed by atoms with Gasteiger partial charge in [-0.05, 0) is 51.4 Å². The van der Waals surface area contributed by atoms with Crippen molar-refractivity contribution in [3.8, 4) is 0 Å². The van der Waals surface area contributed by atoms with Crippen molar-refractivity contribution >= 4 is 0 Å². The molecule has 0 atom stereocenters. The molecule has 78 valence electrons. The van der Waals surface area contributed by atoms with Gasteiger partial charge in [0.25, 0.3) is 0 Å². The van der Waals surface area contributed by atoms with Crippen molar-refractivity contribution in [3.05, 3.63) is 23.0 Å². The maximum atomic E-state index is 3.42. The summed E-state index contributed by atoms with van der Waals surface area (Å²) < 4.78 is 2.37. The molecule has 0 amide bonds. The van der Waals surface area contributed by atoms with E-state index in [4.69, 9.17) is 0 Å². The fourth-order valence-corrected chi connectivity index (χ4v) is 2.39. The third-order valence-electron chi connectivity index (χ3n) is 3.58. The summed E-state index contributed by atoms with van der Waals surface area (Å²) in [6, 6.07) is 2.37. The molecule has 0 spiro atoms. The summed E-state index contributed by atoms with van der Waals surface area (Å²) in [7, 11) is 2.19. The van der Waals surface area contributed by atoms with Crippen molar-refractivity contribution in [2.75, 3.05) is 13.1 Å². The minimum atomic E-state index is 0.772. The first-order valence-corrected chi connectivity index (χ1v) is 5.53. The molecule has 1 N–H and O–H groups in total. The Labute approximate surface area is 86.3 Å². The molecule has 0 saturated carbocycles. The Morgan fingerprint density at radius 2 is 1.93 bits per heavy atom. The van der Waals surface area contributed by atoms with Crippen LogP contribution in [0.4, 0.5) is 0 Å². The van der Waals surface area contributed by atoms with Crippen LogP contribution in [0.2, 0.25) is 0 Å². The molecule has 0 unspecified atom stereocenters. The van der Waals surface area contributed by atoms with E-state index >= 15 is 0 Å². The molecule has 0 aromatic carbocycles. The summed E-state index contributed by atoms with van der Waals surface area (Å²) in [5, 5.41) is 3.42. The van der Waals surface area contributed by atoms with Crippen LogP contribution in [0.1, 0.15) is 35.7 Å². The lowest BCUT2D eigenvalue weighted by Gasteiger charge is -2.23. The predicted molar refractivity (Wildman–Crippen MR) is 59.7 cm³/mol. The number of hydrogen-bond acceptors (Lipinski definition) is 1. The van der Waals surface area contributed by atoms with Crippen LogP contribution in [0.25, 0.3) is 0 Å². The molecule has 0 aliphatic carbocycles. The Balaban J connectivity index is 2.26. The quantitative estimate of drug-likeness (QED) is 0.721. The minimum absolute atomic E-state index is 0.772. The van der Waals surface area contributed by atoms with Gasteiger partial charge in [0.15, 0.2) is 0 Å². The third kappa shape index (κ3) is 1.59. The fraction of sp³-hybridized carbons (Fsp3) is 0.667. The number of aryl methyl sites for hydroxylation is 1. The third-order valence-corrected chi connectivity index (χ3v) is 3.58. The highest BCUT2D eigenvalue weighted by atomic mass is 15.0. The first kappa shape index (κ1) is 9.78. The molecule has 0 radical (unpaired) electrons. The summed E-state index contributed by atoms with van der Waals surface area (Å²) in [6.45, 7) is 6.77. The first-order chi connectivity index (χ1) is 6.70. The molecule has 14 heavy (non-hydrogen) atoms. The SMILES string of the molecule is Cc1cc(C2CCNCC2)n(C)c1C. The standard InChI is InChI=1S/C12H20N2/c1-9-8-12(14(3)10(9)2)11-4-6-13-7-5-11/h8,11,13H,4-7H2,1-3H3. The van der Waals surface area contributed by atoms with Gasteiger partial charge >= 0.3 is 0 Å². The molecule has 1 aromatic heterocycles. The predicted octanol–water partition coefficient (Wildman–Crippen LogP) is 2.11. The first-order valence-electron chi connectivity index (χ1n) is 5.53. The van der Waals surface area contributed by atoms with Crippen LogP contribution in [0.5, 0.6) is 0 Å². The van der Waals surface area contributed by atoms with Gasteiger partial charge in [0, 0.05) is 24.4 Å². The Kier molecular flexibility index (Phi) is 2.64. The smallest absolute Gasteiger partial charge is 0.0209 e. The zero-order valence-corrected chi connectivity index (χ0v) is 9.43. The molecule has 2 rings (SSSR count). The highest BCUT2D eigenvalue weighted by Crippen LogP contribution is 2.27. The van der Waals surface area contributed by atoms with E-state index in [2.05, 4.69) is 36.8 Å². The van der Waals surface area contributed by atoms with Crippen LogP contribution in [-0.2, 0) is 7.05 Å². The molecule has 1 aliphatic rings. The zero-order chi connectivity index (χ0) is 10.1. The van der Waals surface area contributed by atoms with Gasteiger partial charge in [-0.3, -0.25) is 0 Å². The normalized spacial score (nSPS) is 18.8. The summed E-state index contributed by atoms with van der Waals surface area (Å²) in [4.78, 5) is 0. The van der Waals surface area contributed by atoms with Crippen molar-refractivity contribution in [1.82, 2.24) is 9.88 Å². The van der Waals surface area contributed by atoms with Crippen LogP contribution in [0.3, 0.4) is 0 Å². The van der Waals surface area contributed by atoms with E-state index in [9.17, 15) is 0 Å². The summed E-state index contributed by atoms with van der Waals surface area (Å²) in [6.07, 6.45) is 2.58. The minimum Gasteiger partial charge on any atom is -0.351 e. The van der Waals surface area contributed by atoms with E-state index in [1.807, 2.05) is 0 Å². The second-order valence-corrected chi connectivity index (χ2v) is 4.42. The topological polar surface area (TPSA) is 17.0 Å². The van der Waals surface area contributed by atoms with Crippen molar-refractivity contribution in [2.24, 2.45) is 7.05 Å². The van der Waals surface area contributed by atoms with E-state index in [1.165, 1.54) is 42.9 Å². The highest BCUT2D eigenvalue weighted by Gasteiger charge is 2.19. The lowest BCUT2D eigenvalue weighted by molar-refractivity contribution is 0.444. The van der Waals surface area contributed by atoms with E-state index in [0.717, 1.165) is 5.92 Å². The van der Waals surface area contributed by atoms with Crippen molar-refractivity contribution in [1.29, 1.82) is 0 Å². The van der Waals surface area contributed by atoms with Crippen LogP contribution in [-0.4, -0.2) is 17.7 Å². The molecule has 2 nitrogen and oxygen atoms in total. The van der Waals surface area contributed by atoms with E-state index in [-0.39, 0.29) is 0 Å². The number of rotatable bonds is 1. The molecule has 1 saturated heterocycles. The Hall–Kier alpha value is -0.760. The summed E-state index contributed by atoms with van der Waals surface area (Å²) >= 11 is 0. The molecule has 1 aromatic rings. The number of aromatic nitrogens is 1. The Bertz CT molecular complexity index is 319. The Morgan fingerprint density at radius 3 is 2.43 bits per heavy atom. The second-order valence-electron chi connectivity index (χ2n) is 4.42. The molecular weight excluding hydrogens is 172 g/mol. The molecule has 2 heteroatoms. The van der Waals surface area contributed by atoms with E-state index in [0.29, 0.717) is 0 Å². The van der Waals surface area contributed by atoms with Crippen LogP contribution in [0.15, 0.2) is 6.07 Å². The van der Waals surface area contributed by atoms with Gasteiger partial charge in [0.05, 0.1) is 0 Å². The van der Waals surface area contributed by atoms with Gasteiger partial charge < -0.3 is 9.88 Å². The van der Waals surface area contributed by atoms with Crippen LogP contribution < -0.4 is 5.32 Å². The van der Waals surface area contributed by atoms with E-state index < -0.39 is 0 Å². The second kappa shape index (κ2) is 3.77. The fourth-order valence-electron chi connectivity index (χ4n) is 2.39. The molecule has 2 heterocycles. The highest BCUT2D eigenvalue weighted by molar-refractivity contribution is 5.28. The van der Waals surface area contributed by atoms with Gasteiger partial charge in [0.2, 0.25) is 0 Å². The number of nitrogens with one attached hydrogen (secondary N) is 1. The maximum absolute atomic E-state index is 3.42. The Morgan fingerprint density at radius 1 is 1.29 bits per heavy atom. The largest absolute Gasteiger partial charge is 0.351 e. The van der Waals surface area contributed by atoms with Gasteiger partial charge in [0.1, 0.15) is 0 Å². The van der Waals surface area contributed by atoms with Gasteiger partial charge in [-0.15, -0.1) is 0 Å².